The van der Waals surface area contributed by atoms with Crippen LogP contribution in [0.1, 0.15) is 19.3 Å². The van der Waals surface area contributed by atoms with E-state index in [0.717, 1.165) is 35.4 Å². The number of rotatable bonds is 5. The largest absolute Gasteiger partial charge is 0.461 e. The quantitative estimate of drug-likeness (QED) is 0.651. The van der Waals surface area contributed by atoms with Gasteiger partial charge in [0.15, 0.2) is 10.9 Å². The number of benzene rings is 1. The predicted octanol–water partition coefficient (Wildman–Crippen LogP) is 4.19. The number of nitrogens with zero attached hydrogens (tertiary/aromatic N) is 3. The fourth-order valence-corrected chi connectivity index (χ4v) is 3.86. The zero-order valence-corrected chi connectivity index (χ0v) is 14.1. The minimum absolute atomic E-state index is 0.303. The van der Waals surface area contributed by atoms with Crippen molar-refractivity contribution in [3.8, 4) is 17.3 Å². The maximum absolute atomic E-state index is 5.83. The van der Waals surface area contributed by atoms with Gasteiger partial charge < -0.3 is 9.15 Å². The molecule has 1 aromatic carbocycles. The first-order valence-electron chi connectivity index (χ1n) is 8.21. The van der Waals surface area contributed by atoms with E-state index in [2.05, 4.69) is 22.3 Å². The third kappa shape index (κ3) is 3.25. The van der Waals surface area contributed by atoms with Gasteiger partial charge in [0.1, 0.15) is 0 Å². The minimum Gasteiger partial charge on any atom is -0.461 e. The summed E-state index contributed by atoms with van der Waals surface area (Å²) in [6.07, 6.45) is 5.49. The topological polar surface area (TPSA) is 53.1 Å². The molecule has 1 aliphatic heterocycles. The molecule has 0 N–H and O–H groups in total. The Morgan fingerprint density at radius 1 is 1.08 bits per heavy atom. The molecule has 124 valence electrons. The molecule has 1 atom stereocenters. The Morgan fingerprint density at radius 2 is 2.00 bits per heavy atom. The maximum Gasteiger partial charge on any atom is 0.205 e. The van der Waals surface area contributed by atoms with Crippen LogP contribution in [0, 0.1) is 0 Å². The van der Waals surface area contributed by atoms with Gasteiger partial charge in [-0.3, -0.25) is 4.57 Å². The molecule has 24 heavy (non-hydrogen) atoms. The fourth-order valence-electron chi connectivity index (χ4n) is 2.84. The van der Waals surface area contributed by atoms with Crippen molar-refractivity contribution in [2.45, 2.75) is 30.5 Å². The predicted molar refractivity (Wildman–Crippen MR) is 93.4 cm³/mol. The molecule has 1 unspecified atom stereocenters. The van der Waals surface area contributed by atoms with E-state index in [1.165, 1.54) is 12.8 Å². The molecule has 1 aliphatic rings. The number of thioether (sulfide) groups is 1. The first kappa shape index (κ1) is 15.5. The zero-order chi connectivity index (χ0) is 16.2. The number of aromatic nitrogens is 3. The van der Waals surface area contributed by atoms with Crippen molar-refractivity contribution < 1.29 is 9.15 Å². The van der Waals surface area contributed by atoms with Gasteiger partial charge in [-0.15, -0.1) is 10.2 Å². The summed E-state index contributed by atoms with van der Waals surface area (Å²) in [5, 5.41) is 9.61. The summed E-state index contributed by atoms with van der Waals surface area (Å²) in [6.45, 7) is 0.869. The molecule has 5 nitrogen and oxygen atoms in total. The highest BCUT2D eigenvalue weighted by molar-refractivity contribution is 7.99. The van der Waals surface area contributed by atoms with Crippen molar-refractivity contribution in [1.29, 1.82) is 0 Å². The average Bonchev–Trinajstić information content (AvgIpc) is 3.31. The van der Waals surface area contributed by atoms with E-state index in [4.69, 9.17) is 9.15 Å². The van der Waals surface area contributed by atoms with Crippen LogP contribution in [0.5, 0.6) is 0 Å². The average molecular weight is 341 g/mol. The number of para-hydroxylation sites is 1. The third-order valence-corrected chi connectivity index (χ3v) is 5.12. The van der Waals surface area contributed by atoms with E-state index >= 15 is 0 Å². The van der Waals surface area contributed by atoms with Gasteiger partial charge in [0.2, 0.25) is 5.82 Å². The van der Waals surface area contributed by atoms with Gasteiger partial charge in [0.25, 0.3) is 0 Å². The van der Waals surface area contributed by atoms with Crippen molar-refractivity contribution in [1.82, 2.24) is 14.8 Å². The van der Waals surface area contributed by atoms with Crippen molar-refractivity contribution >= 4 is 11.8 Å². The molecule has 3 heterocycles. The summed E-state index contributed by atoms with van der Waals surface area (Å²) in [6, 6.07) is 13.9. The molecule has 1 fully saturated rings. The maximum atomic E-state index is 5.83. The lowest BCUT2D eigenvalue weighted by molar-refractivity contribution is 0.0315. The monoisotopic (exact) mass is 341 g/mol. The van der Waals surface area contributed by atoms with Gasteiger partial charge in [-0.1, -0.05) is 30.0 Å². The van der Waals surface area contributed by atoms with E-state index in [0.29, 0.717) is 11.9 Å². The second-order valence-corrected chi connectivity index (χ2v) is 6.74. The van der Waals surface area contributed by atoms with Gasteiger partial charge in [-0.2, -0.15) is 0 Å². The molecular formula is C18H19N3O2S. The molecule has 0 bridgehead atoms. The van der Waals surface area contributed by atoms with Crippen LogP contribution < -0.4 is 0 Å². The first-order chi connectivity index (χ1) is 11.9. The van der Waals surface area contributed by atoms with Crippen LogP contribution in [0.15, 0.2) is 58.3 Å². The van der Waals surface area contributed by atoms with Crippen LogP contribution in [0.2, 0.25) is 0 Å². The first-order valence-corrected chi connectivity index (χ1v) is 9.19. The molecule has 0 aliphatic carbocycles. The normalized spacial score (nSPS) is 17.9. The minimum atomic E-state index is 0.303. The van der Waals surface area contributed by atoms with Gasteiger partial charge in [-0.05, 0) is 43.5 Å². The number of ether oxygens (including phenoxy) is 1. The number of hydrogen-bond donors (Lipinski definition) is 0. The van der Waals surface area contributed by atoms with E-state index in [-0.39, 0.29) is 0 Å². The lowest BCUT2D eigenvalue weighted by atomic mass is 10.1. The van der Waals surface area contributed by atoms with Crippen LogP contribution in [0.3, 0.4) is 0 Å². The Labute approximate surface area is 145 Å². The summed E-state index contributed by atoms with van der Waals surface area (Å²) in [5.41, 5.74) is 1.03. The molecule has 0 amide bonds. The number of furan rings is 1. The molecule has 3 aromatic rings. The standard InChI is InChI=1S/C18H19N3O2S/c1-2-7-14(8-3-1)21-17(16-10-6-12-23-16)19-20-18(21)24-13-15-9-4-5-11-22-15/h1-3,6-8,10,12,15H,4-5,9,11,13H2. The highest BCUT2D eigenvalue weighted by Gasteiger charge is 2.20. The SMILES string of the molecule is c1ccc(-n2c(SCC3CCCCO3)nnc2-c2ccco2)cc1. The molecule has 6 heteroatoms. The molecule has 2 aromatic heterocycles. The van der Waals surface area contributed by atoms with Gasteiger partial charge in [-0.25, -0.2) is 0 Å². The molecule has 0 saturated carbocycles. The van der Waals surface area contributed by atoms with Crippen LogP contribution >= 0.6 is 11.8 Å². The lowest BCUT2D eigenvalue weighted by Gasteiger charge is -2.21. The molecule has 4 rings (SSSR count). The third-order valence-electron chi connectivity index (χ3n) is 4.06. The molecular weight excluding hydrogens is 322 g/mol. The van der Waals surface area contributed by atoms with Crippen LogP contribution in [0.25, 0.3) is 17.3 Å². The molecule has 0 radical (unpaired) electrons. The van der Waals surface area contributed by atoms with E-state index in [1.54, 1.807) is 18.0 Å². The van der Waals surface area contributed by atoms with E-state index in [1.807, 2.05) is 34.9 Å². The van der Waals surface area contributed by atoms with E-state index < -0.39 is 0 Å². The van der Waals surface area contributed by atoms with Crippen LogP contribution in [0.4, 0.5) is 0 Å². The molecule has 0 spiro atoms. The second kappa shape index (κ2) is 7.23. The Balaban J connectivity index is 1.64. The van der Waals surface area contributed by atoms with E-state index in [9.17, 15) is 0 Å². The Hall–Kier alpha value is -2.05. The summed E-state index contributed by atoms with van der Waals surface area (Å²) < 4.78 is 13.4. The zero-order valence-electron chi connectivity index (χ0n) is 13.3. The smallest absolute Gasteiger partial charge is 0.205 e. The van der Waals surface area contributed by atoms with Gasteiger partial charge in [0.05, 0.1) is 12.4 Å². The Morgan fingerprint density at radius 3 is 2.75 bits per heavy atom. The summed E-state index contributed by atoms with van der Waals surface area (Å²) in [5.74, 6) is 2.33. The van der Waals surface area contributed by atoms with Crippen molar-refractivity contribution in [3.05, 3.63) is 48.7 Å². The van der Waals surface area contributed by atoms with Crippen molar-refractivity contribution in [2.24, 2.45) is 0 Å². The summed E-state index contributed by atoms with van der Waals surface area (Å²) >= 11 is 1.69. The van der Waals surface area contributed by atoms with Crippen molar-refractivity contribution in [2.75, 3.05) is 12.4 Å². The fraction of sp³-hybridized carbons (Fsp3) is 0.333. The summed E-state index contributed by atoms with van der Waals surface area (Å²) in [4.78, 5) is 0. The Kier molecular flexibility index (Phi) is 4.66. The van der Waals surface area contributed by atoms with Crippen LogP contribution in [-0.4, -0.2) is 33.2 Å². The van der Waals surface area contributed by atoms with Crippen molar-refractivity contribution in [3.63, 3.8) is 0 Å². The van der Waals surface area contributed by atoms with Crippen LogP contribution in [-0.2, 0) is 4.74 Å². The summed E-state index contributed by atoms with van der Waals surface area (Å²) in [7, 11) is 0. The highest BCUT2D eigenvalue weighted by Crippen LogP contribution is 2.29. The number of hydrogen-bond acceptors (Lipinski definition) is 5. The second-order valence-electron chi connectivity index (χ2n) is 5.75. The van der Waals surface area contributed by atoms with Gasteiger partial charge in [0, 0.05) is 18.0 Å². The highest BCUT2D eigenvalue weighted by atomic mass is 32.2. The Bertz CT molecular complexity index is 765. The van der Waals surface area contributed by atoms with Gasteiger partial charge >= 0.3 is 0 Å². The lowest BCUT2D eigenvalue weighted by Crippen LogP contribution is -2.21. The molecule has 1 saturated heterocycles.